The minimum absolute atomic E-state index is 0.358. The summed E-state index contributed by atoms with van der Waals surface area (Å²) in [7, 11) is 0. The van der Waals surface area contributed by atoms with Gasteiger partial charge in [-0.05, 0) is 56.1 Å². The fourth-order valence-corrected chi connectivity index (χ4v) is 3.81. The minimum Gasteiger partial charge on any atom is -0.494 e. The van der Waals surface area contributed by atoms with Gasteiger partial charge in [-0.2, -0.15) is 4.98 Å². The Morgan fingerprint density at radius 2 is 2.00 bits per heavy atom. The van der Waals surface area contributed by atoms with E-state index in [9.17, 15) is 0 Å². The third-order valence-corrected chi connectivity index (χ3v) is 5.19. The first kappa shape index (κ1) is 18.0. The van der Waals surface area contributed by atoms with Crippen LogP contribution in [0.2, 0.25) is 5.02 Å². The molecule has 5 nitrogen and oxygen atoms in total. The molecule has 27 heavy (non-hydrogen) atoms. The van der Waals surface area contributed by atoms with E-state index in [4.69, 9.17) is 20.9 Å². The lowest BCUT2D eigenvalue weighted by atomic mass is 10.0. The van der Waals surface area contributed by atoms with E-state index in [-0.39, 0.29) is 0 Å². The maximum absolute atomic E-state index is 6.23. The molecule has 0 amide bonds. The third-order valence-electron chi connectivity index (χ3n) is 4.86. The van der Waals surface area contributed by atoms with Crippen molar-refractivity contribution >= 4 is 11.6 Å². The molecular weight excluding hydrogens is 362 g/mol. The van der Waals surface area contributed by atoms with E-state index < -0.39 is 0 Å². The van der Waals surface area contributed by atoms with Crippen LogP contribution in [0.25, 0.3) is 11.4 Å². The van der Waals surface area contributed by atoms with E-state index in [1.807, 2.05) is 43.3 Å². The van der Waals surface area contributed by atoms with Gasteiger partial charge in [0.15, 0.2) is 0 Å². The van der Waals surface area contributed by atoms with Crippen LogP contribution in [0, 0.1) is 0 Å². The molecule has 1 saturated heterocycles. The van der Waals surface area contributed by atoms with Crippen molar-refractivity contribution in [2.45, 2.75) is 32.4 Å². The van der Waals surface area contributed by atoms with Crippen molar-refractivity contribution in [3.63, 3.8) is 0 Å². The zero-order valence-electron chi connectivity index (χ0n) is 15.3. The highest BCUT2D eigenvalue weighted by atomic mass is 35.5. The summed E-state index contributed by atoms with van der Waals surface area (Å²) in [6.45, 7) is 4.32. The quantitative estimate of drug-likeness (QED) is 0.590. The number of hydrogen-bond donors (Lipinski definition) is 0. The Labute approximate surface area is 163 Å². The van der Waals surface area contributed by atoms with Gasteiger partial charge in [0.1, 0.15) is 5.75 Å². The number of likely N-dealkylation sites (tertiary alicyclic amines) is 1. The molecule has 3 aromatic rings. The highest BCUT2D eigenvalue weighted by Gasteiger charge is 2.27. The minimum atomic E-state index is 0.358. The Kier molecular flexibility index (Phi) is 5.41. The predicted molar refractivity (Wildman–Crippen MR) is 105 cm³/mol. The first-order chi connectivity index (χ1) is 13.2. The van der Waals surface area contributed by atoms with Crippen LogP contribution in [0.3, 0.4) is 0 Å². The van der Waals surface area contributed by atoms with Crippen molar-refractivity contribution in [1.29, 1.82) is 0 Å². The lowest BCUT2D eigenvalue weighted by molar-refractivity contribution is 0.212. The summed E-state index contributed by atoms with van der Waals surface area (Å²) in [6.07, 6.45) is 2.28. The van der Waals surface area contributed by atoms with Crippen molar-refractivity contribution in [1.82, 2.24) is 15.0 Å². The van der Waals surface area contributed by atoms with Gasteiger partial charge in [0.05, 0.1) is 18.2 Å². The Morgan fingerprint density at radius 3 is 2.78 bits per heavy atom. The molecule has 1 atom stereocenters. The lowest BCUT2D eigenvalue weighted by Crippen LogP contribution is -2.22. The van der Waals surface area contributed by atoms with Crippen LogP contribution in [0.5, 0.6) is 5.75 Å². The van der Waals surface area contributed by atoms with E-state index >= 15 is 0 Å². The highest BCUT2D eigenvalue weighted by Crippen LogP contribution is 2.34. The van der Waals surface area contributed by atoms with E-state index in [0.29, 0.717) is 35.9 Å². The Bertz CT molecular complexity index is 894. The maximum Gasteiger partial charge on any atom is 0.241 e. The average Bonchev–Trinajstić information content (AvgIpc) is 3.33. The molecule has 0 saturated carbocycles. The third kappa shape index (κ3) is 3.99. The molecule has 0 spiro atoms. The monoisotopic (exact) mass is 383 g/mol. The molecule has 0 aliphatic carbocycles. The van der Waals surface area contributed by atoms with Crippen LogP contribution in [0.4, 0.5) is 0 Å². The number of nitrogens with zero attached hydrogens (tertiary/aromatic N) is 3. The molecule has 4 rings (SSSR count). The van der Waals surface area contributed by atoms with Gasteiger partial charge in [0.2, 0.25) is 11.7 Å². The fourth-order valence-electron chi connectivity index (χ4n) is 3.59. The summed E-state index contributed by atoms with van der Waals surface area (Å²) in [6, 6.07) is 16.3. The molecule has 1 unspecified atom stereocenters. The van der Waals surface area contributed by atoms with Crippen LogP contribution in [-0.2, 0) is 6.54 Å². The summed E-state index contributed by atoms with van der Waals surface area (Å²) in [5.74, 6) is 2.06. The highest BCUT2D eigenvalue weighted by molar-refractivity contribution is 6.33. The smallest absolute Gasteiger partial charge is 0.241 e. The molecule has 2 aromatic carbocycles. The van der Waals surface area contributed by atoms with Gasteiger partial charge in [-0.1, -0.05) is 41.0 Å². The molecule has 1 aliphatic rings. The number of aromatic nitrogens is 2. The molecule has 0 radical (unpaired) electrons. The van der Waals surface area contributed by atoms with Crippen molar-refractivity contribution in [3.05, 3.63) is 65.0 Å². The number of ether oxygens (including phenoxy) is 1. The zero-order valence-corrected chi connectivity index (χ0v) is 16.0. The number of halogens is 1. The number of hydrogen-bond acceptors (Lipinski definition) is 5. The van der Waals surface area contributed by atoms with Gasteiger partial charge in [-0.3, -0.25) is 4.90 Å². The Morgan fingerprint density at radius 1 is 1.19 bits per heavy atom. The SMILES string of the molecule is CCOc1ccc(C2CCCN2Cc2nc(-c3ccccc3Cl)no2)cc1. The van der Waals surface area contributed by atoms with Gasteiger partial charge in [0, 0.05) is 11.6 Å². The normalized spacial score (nSPS) is 17.3. The Hall–Kier alpha value is -2.37. The topological polar surface area (TPSA) is 51.4 Å². The standard InChI is InChI=1S/C21H22ClN3O2/c1-2-26-16-11-9-15(10-12-16)19-8-5-13-25(19)14-20-23-21(24-27-20)17-6-3-4-7-18(17)22/h3-4,6-7,9-12,19H,2,5,8,13-14H2,1H3. The van der Waals surface area contributed by atoms with Gasteiger partial charge in [0.25, 0.3) is 0 Å². The van der Waals surface area contributed by atoms with Gasteiger partial charge in [-0.25, -0.2) is 0 Å². The number of benzene rings is 2. The average molecular weight is 384 g/mol. The number of rotatable bonds is 6. The molecular formula is C21H22ClN3O2. The first-order valence-corrected chi connectivity index (χ1v) is 9.66. The second-order valence-electron chi connectivity index (χ2n) is 6.62. The van der Waals surface area contributed by atoms with Crippen LogP contribution < -0.4 is 4.74 Å². The maximum atomic E-state index is 6.23. The second-order valence-corrected chi connectivity index (χ2v) is 7.03. The van der Waals surface area contributed by atoms with Crippen molar-refractivity contribution in [2.24, 2.45) is 0 Å². The van der Waals surface area contributed by atoms with Crippen LogP contribution in [-0.4, -0.2) is 28.2 Å². The fraction of sp³-hybridized carbons (Fsp3) is 0.333. The summed E-state index contributed by atoms with van der Waals surface area (Å²) >= 11 is 6.23. The lowest BCUT2D eigenvalue weighted by Gasteiger charge is -2.23. The molecule has 0 N–H and O–H groups in total. The predicted octanol–water partition coefficient (Wildman–Crippen LogP) is 5.13. The van der Waals surface area contributed by atoms with E-state index in [1.165, 1.54) is 5.56 Å². The Balaban J connectivity index is 1.48. The molecule has 6 heteroatoms. The van der Waals surface area contributed by atoms with Crippen molar-refractivity contribution in [3.8, 4) is 17.1 Å². The summed E-state index contributed by atoms with van der Waals surface area (Å²) in [5.41, 5.74) is 2.08. The second kappa shape index (κ2) is 8.11. The van der Waals surface area contributed by atoms with Gasteiger partial charge < -0.3 is 9.26 Å². The van der Waals surface area contributed by atoms with E-state index in [2.05, 4.69) is 27.2 Å². The van der Waals surface area contributed by atoms with E-state index in [0.717, 1.165) is 30.7 Å². The van der Waals surface area contributed by atoms with E-state index in [1.54, 1.807) is 0 Å². The first-order valence-electron chi connectivity index (χ1n) is 9.29. The summed E-state index contributed by atoms with van der Waals surface area (Å²) in [5, 5.41) is 4.73. The molecule has 1 fully saturated rings. The molecule has 2 heterocycles. The summed E-state index contributed by atoms with van der Waals surface area (Å²) in [4.78, 5) is 6.94. The molecule has 1 aliphatic heterocycles. The zero-order chi connectivity index (χ0) is 18.6. The molecule has 1 aromatic heterocycles. The van der Waals surface area contributed by atoms with Gasteiger partial charge >= 0.3 is 0 Å². The molecule has 0 bridgehead atoms. The largest absolute Gasteiger partial charge is 0.494 e. The van der Waals surface area contributed by atoms with Crippen molar-refractivity contribution < 1.29 is 9.26 Å². The van der Waals surface area contributed by atoms with Crippen LogP contribution in [0.1, 0.15) is 37.3 Å². The van der Waals surface area contributed by atoms with Crippen LogP contribution >= 0.6 is 11.6 Å². The van der Waals surface area contributed by atoms with Gasteiger partial charge in [-0.15, -0.1) is 0 Å². The van der Waals surface area contributed by atoms with Crippen LogP contribution in [0.15, 0.2) is 53.1 Å². The van der Waals surface area contributed by atoms with Crippen molar-refractivity contribution in [2.75, 3.05) is 13.2 Å². The summed E-state index contributed by atoms with van der Waals surface area (Å²) < 4.78 is 11.0. The molecule has 140 valence electrons.